The Balaban J connectivity index is 1.72. The molecule has 0 fully saturated rings. The standard InChI is InChI=1S/C21H13FN2O2/c22-12-15-2-1-3-20(10-15)25-18-6-8-19(9-7-18)26-21-5-4-16(13-23)17(11-21)14-24/h1-11H,12H2. The van der Waals surface area contributed by atoms with Gasteiger partial charge in [0.2, 0.25) is 0 Å². The zero-order valence-corrected chi connectivity index (χ0v) is 13.6. The van der Waals surface area contributed by atoms with Crippen LogP contribution in [0.15, 0.2) is 66.7 Å². The van der Waals surface area contributed by atoms with Gasteiger partial charge in [-0.25, -0.2) is 4.39 Å². The number of hydrogen-bond acceptors (Lipinski definition) is 4. The predicted molar refractivity (Wildman–Crippen MR) is 93.7 cm³/mol. The van der Waals surface area contributed by atoms with E-state index in [0.29, 0.717) is 34.1 Å². The average Bonchev–Trinajstić information content (AvgIpc) is 2.69. The molecular weight excluding hydrogens is 331 g/mol. The van der Waals surface area contributed by atoms with Crippen molar-refractivity contribution in [2.24, 2.45) is 0 Å². The minimum absolute atomic E-state index is 0.262. The Morgan fingerprint density at radius 1 is 0.692 bits per heavy atom. The van der Waals surface area contributed by atoms with Crippen LogP contribution in [0.1, 0.15) is 16.7 Å². The van der Waals surface area contributed by atoms with Gasteiger partial charge in [-0.2, -0.15) is 10.5 Å². The number of benzene rings is 3. The first kappa shape index (κ1) is 17.0. The molecule has 0 saturated carbocycles. The van der Waals surface area contributed by atoms with Crippen molar-refractivity contribution < 1.29 is 13.9 Å². The van der Waals surface area contributed by atoms with Gasteiger partial charge < -0.3 is 9.47 Å². The fourth-order valence-electron chi connectivity index (χ4n) is 2.32. The summed E-state index contributed by atoms with van der Waals surface area (Å²) in [5.41, 5.74) is 1.12. The van der Waals surface area contributed by atoms with Crippen LogP contribution in [0.3, 0.4) is 0 Å². The van der Waals surface area contributed by atoms with Crippen LogP contribution in [-0.4, -0.2) is 0 Å². The normalized spacial score (nSPS) is 9.81. The highest BCUT2D eigenvalue weighted by Gasteiger charge is 2.05. The van der Waals surface area contributed by atoms with Crippen molar-refractivity contribution in [3.05, 3.63) is 83.4 Å². The highest BCUT2D eigenvalue weighted by molar-refractivity contribution is 5.50. The van der Waals surface area contributed by atoms with E-state index in [9.17, 15) is 4.39 Å². The third-order valence-electron chi connectivity index (χ3n) is 3.58. The van der Waals surface area contributed by atoms with E-state index >= 15 is 0 Å². The lowest BCUT2D eigenvalue weighted by molar-refractivity contribution is 0.463. The second-order valence-electron chi connectivity index (χ2n) is 5.39. The number of ether oxygens (including phenoxy) is 2. The van der Waals surface area contributed by atoms with Gasteiger partial charge in [-0.15, -0.1) is 0 Å². The lowest BCUT2D eigenvalue weighted by Crippen LogP contribution is -1.89. The lowest BCUT2D eigenvalue weighted by atomic mass is 10.1. The van der Waals surface area contributed by atoms with Crippen LogP contribution in [0, 0.1) is 22.7 Å². The van der Waals surface area contributed by atoms with E-state index in [1.54, 1.807) is 60.7 Å². The second kappa shape index (κ2) is 7.83. The number of nitrogens with zero attached hydrogens (tertiary/aromatic N) is 2. The zero-order valence-electron chi connectivity index (χ0n) is 13.6. The third kappa shape index (κ3) is 3.98. The molecule has 0 aliphatic rings. The van der Waals surface area contributed by atoms with Gasteiger partial charge in [-0.05, 0) is 60.2 Å². The molecule has 3 aromatic carbocycles. The van der Waals surface area contributed by atoms with Gasteiger partial charge in [-0.1, -0.05) is 12.1 Å². The molecule has 0 unspecified atom stereocenters. The van der Waals surface area contributed by atoms with E-state index in [0.717, 1.165) is 0 Å². The number of alkyl halides is 1. The topological polar surface area (TPSA) is 66.0 Å². The van der Waals surface area contributed by atoms with E-state index in [1.807, 2.05) is 12.1 Å². The lowest BCUT2D eigenvalue weighted by Gasteiger charge is -2.09. The first-order chi connectivity index (χ1) is 12.7. The SMILES string of the molecule is N#Cc1ccc(Oc2ccc(Oc3cccc(CF)c3)cc2)cc1C#N. The van der Waals surface area contributed by atoms with Crippen LogP contribution in [0.5, 0.6) is 23.0 Å². The Morgan fingerprint density at radius 3 is 1.85 bits per heavy atom. The molecule has 126 valence electrons. The van der Waals surface area contributed by atoms with Crippen LogP contribution in [0.2, 0.25) is 0 Å². The van der Waals surface area contributed by atoms with E-state index < -0.39 is 6.67 Å². The molecule has 0 atom stereocenters. The molecule has 0 saturated heterocycles. The molecule has 0 bridgehead atoms. The van der Waals surface area contributed by atoms with Crippen molar-refractivity contribution in [1.82, 2.24) is 0 Å². The molecule has 0 aromatic heterocycles. The second-order valence-corrected chi connectivity index (χ2v) is 5.39. The summed E-state index contributed by atoms with van der Waals surface area (Å²) in [5, 5.41) is 18.0. The summed E-state index contributed by atoms with van der Waals surface area (Å²) >= 11 is 0. The minimum Gasteiger partial charge on any atom is -0.457 e. The highest BCUT2D eigenvalue weighted by Crippen LogP contribution is 2.28. The maximum absolute atomic E-state index is 12.7. The summed E-state index contributed by atoms with van der Waals surface area (Å²) < 4.78 is 24.1. The van der Waals surface area contributed by atoms with Crippen LogP contribution in [0.25, 0.3) is 0 Å². The molecule has 26 heavy (non-hydrogen) atoms. The molecule has 3 rings (SSSR count). The van der Waals surface area contributed by atoms with Crippen molar-refractivity contribution in [1.29, 1.82) is 10.5 Å². The molecule has 3 aromatic rings. The Bertz CT molecular complexity index is 1000. The van der Waals surface area contributed by atoms with Crippen molar-refractivity contribution >= 4 is 0 Å². The van der Waals surface area contributed by atoms with Gasteiger partial charge in [0.25, 0.3) is 0 Å². The Kier molecular flexibility index (Phi) is 5.12. The maximum atomic E-state index is 12.7. The first-order valence-electron chi connectivity index (χ1n) is 7.77. The van der Waals surface area contributed by atoms with Gasteiger partial charge in [0.05, 0.1) is 11.1 Å². The molecule has 4 nitrogen and oxygen atoms in total. The smallest absolute Gasteiger partial charge is 0.128 e. The van der Waals surface area contributed by atoms with Gasteiger partial charge >= 0.3 is 0 Å². The molecule has 0 N–H and O–H groups in total. The van der Waals surface area contributed by atoms with E-state index in [-0.39, 0.29) is 5.56 Å². The van der Waals surface area contributed by atoms with Crippen LogP contribution in [-0.2, 0) is 6.67 Å². The number of hydrogen-bond donors (Lipinski definition) is 0. The maximum Gasteiger partial charge on any atom is 0.128 e. The summed E-state index contributed by atoms with van der Waals surface area (Å²) in [6.07, 6.45) is 0. The Hall–Kier alpha value is -3.83. The van der Waals surface area contributed by atoms with Crippen molar-refractivity contribution in [3.63, 3.8) is 0 Å². The van der Waals surface area contributed by atoms with E-state index in [2.05, 4.69) is 0 Å². The molecule has 0 spiro atoms. The highest BCUT2D eigenvalue weighted by atomic mass is 19.1. The quantitative estimate of drug-likeness (QED) is 0.614. The molecule has 0 amide bonds. The summed E-state index contributed by atoms with van der Waals surface area (Å²) in [5.74, 6) is 2.17. The predicted octanol–water partition coefficient (Wildman–Crippen LogP) is 5.48. The molecule has 0 radical (unpaired) electrons. The fraction of sp³-hybridized carbons (Fsp3) is 0.0476. The van der Waals surface area contributed by atoms with Crippen LogP contribution >= 0.6 is 0 Å². The van der Waals surface area contributed by atoms with Crippen LogP contribution < -0.4 is 9.47 Å². The molecule has 0 heterocycles. The largest absolute Gasteiger partial charge is 0.457 e. The van der Waals surface area contributed by atoms with E-state index in [4.69, 9.17) is 20.0 Å². The zero-order chi connectivity index (χ0) is 18.4. The molecule has 0 aliphatic carbocycles. The number of rotatable bonds is 5. The Labute approximate surface area is 150 Å². The summed E-state index contributed by atoms with van der Waals surface area (Å²) in [6, 6.07) is 22.3. The summed E-state index contributed by atoms with van der Waals surface area (Å²) in [6.45, 7) is -0.542. The van der Waals surface area contributed by atoms with Crippen molar-refractivity contribution in [3.8, 4) is 35.1 Å². The van der Waals surface area contributed by atoms with Gasteiger partial charge in [0, 0.05) is 0 Å². The molecule has 0 aliphatic heterocycles. The average molecular weight is 344 g/mol. The minimum atomic E-state index is -0.542. The van der Waals surface area contributed by atoms with Gasteiger partial charge in [0.1, 0.15) is 41.8 Å². The molecule has 5 heteroatoms. The fourth-order valence-corrected chi connectivity index (χ4v) is 2.32. The summed E-state index contributed by atoms with van der Waals surface area (Å²) in [4.78, 5) is 0. The monoisotopic (exact) mass is 344 g/mol. The van der Waals surface area contributed by atoms with Gasteiger partial charge in [0.15, 0.2) is 0 Å². The Morgan fingerprint density at radius 2 is 1.27 bits per heavy atom. The summed E-state index contributed by atoms with van der Waals surface area (Å²) in [7, 11) is 0. The van der Waals surface area contributed by atoms with Crippen molar-refractivity contribution in [2.75, 3.05) is 0 Å². The van der Waals surface area contributed by atoms with Gasteiger partial charge in [-0.3, -0.25) is 0 Å². The number of nitriles is 2. The third-order valence-corrected chi connectivity index (χ3v) is 3.58. The number of halogens is 1. The first-order valence-corrected chi connectivity index (χ1v) is 7.77. The molecular formula is C21H13FN2O2. The van der Waals surface area contributed by atoms with Crippen molar-refractivity contribution in [2.45, 2.75) is 6.67 Å². The van der Waals surface area contributed by atoms with Crippen LogP contribution in [0.4, 0.5) is 4.39 Å². The van der Waals surface area contributed by atoms with E-state index in [1.165, 1.54) is 6.07 Å².